The van der Waals surface area contributed by atoms with Crippen LogP contribution in [-0.4, -0.2) is 0 Å². The second kappa shape index (κ2) is 13.9. The lowest BCUT2D eigenvalue weighted by molar-refractivity contribution is 0.0331. The molecule has 9 unspecified atom stereocenters. The van der Waals surface area contributed by atoms with Crippen LogP contribution in [0.5, 0.6) is 0 Å². The molecule has 2 aromatic carbocycles. The lowest BCUT2D eigenvalue weighted by Crippen LogP contribution is -2.39. The summed E-state index contributed by atoms with van der Waals surface area (Å²) in [5.74, 6) is 14.0. The molecule has 2 aromatic rings. The number of rotatable bonds is 7. The van der Waals surface area contributed by atoms with Gasteiger partial charge in [0.25, 0.3) is 0 Å². The van der Waals surface area contributed by atoms with Crippen molar-refractivity contribution in [3.63, 3.8) is 0 Å². The molecule has 0 heteroatoms. The van der Waals surface area contributed by atoms with Gasteiger partial charge >= 0.3 is 0 Å². The minimum Gasteiger partial charge on any atom is -0.0613 e. The minimum absolute atomic E-state index is 0.809. The average molecular weight is 659 g/mol. The van der Waals surface area contributed by atoms with Crippen molar-refractivity contribution in [3.05, 3.63) is 47.5 Å². The molecule has 266 valence electrons. The highest BCUT2D eigenvalue weighted by molar-refractivity contribution is 5.92. The van der Waals surface area contributed by atoms with Crippen molar-refractivity contribution in [2.45, 2.75) is 172 Å². The van der Waals surface area contributed by atoms with Crippen molar-refractivity contribution < 1.29 is 0 Å². The molecular formula is C49H70. The Kier molecular flexibility index (Phi) is 9.19. The standard InChI is InChI=1S/C49H70/c1-4-16-32(17-5-1)36(30-31-41-39-26-12-10-24-37(39)38-25-11-13-27-40(38)41)47-45(34-18-6-2-7-19-34)48-42-28-14-22-33-23-15-29-43(44(33)42)49(48)46(47)35-20-8-3-9-21-35/h14-15,22-23,28-29,32,34-41,45-49H,1-13,16-21,24-27,30-31H2. The molecule has 9 atom stereocenters. The Labute approximate surface area is 300 Å². The van der Waals surface area contributed by atoms with Crippen molar-refractivity contribution >= 4 is 10.8 Å². The Morgan fingerprint density at radius 3 is 1.43 bits per heavy atom. The van der Waals surface area contributed by atoms with Crippen LogP contribution in [0.15, 0.2) is 36.4 Å². The van der Waals surface area contributed by atoms with E-state index in [0.29, 0.717) is 0 Å². The predicted octanol–water partition coefficient (Wildman–Crippen LogP) is 14.3. The molecule has 7 saturated carbocycles. The Morgan fingerprint density at radius 1 is 0.469 bits per heavy atom. The zero-order valence-electron chi connectivity index (χ0n) is 31.2. The smallest absolute Gasteiger partial charge is 0.00499 e. The van der Waals surface area contributed by atoms with E-state index in [1.165, 1.54) is 57.8 Å². The molecule has 0 radical (unpaired) electrons. The Balaban J connectivity index is 1.07. The maximum absolute atomic E-state index is 2.66. The fraction of sp³-hybridized carbons (Fsp3) is 0.796. The summed E-state index contributed by atoms with van der Waals surface area (Å²) in [5.41, 5.74) is 3.65. The summed E-state index contributed by atoms with van der Waals surface area (Å²) in [6.45, 7) is 0. The lowest BCUT2D eigenvalue weighted by atomic mass is 9.58. The summed E-state index contributed by atoms with van der Waals surface area (Å²) in [4.78, 5) is 0. The lowest BCUT2D eigenvalue weighted by Gasteiger charge is -2.46. The molecule has 0 bridgehead atoms. The molecule has 0 amide bonds. The third kappa shape index (κ3) is 5.55. The summed E-state index contributed by atoms with van der Waals surface area (Å²) in [6.07, 6.45) is 38.8. The van der Waals surface area contributed by atoms with Gasteiger partial charge in [0.1, 0.15) is 0 Å². The molecule has 10 rings (SSSR count). The van der Waals surface area contributed by atoms with Crippen molar-refractivity contribution in [2.75, 3.05) is 0 Å². The van der Waals surface area contributed by atoms with Crippen molar-refractivity contribution in [2.24, 2.45) is 71.0 Å². The first kappa shape index (κ1) is 32.4. The highest BCUT2D eigenvalue weighted by atomic mass is 14.6. The number of benzene rings is 2. The monoisotopic (exact) mass is 659 g/mol. The molecule has 0 heterocycles. The Hall–Kier alpha value is -1.30. The topological polar surface area (TPSA) is 0 Å². The fourth-order valence-corrected chi connectivity index (χ4v) is 16.7. The molecule has 8 aliphatic carbocycles. The summed E-state index contributed by atoms with van der Waals surface area (Å²) in [6, 6.07) is 15.2. The van der Waals surface area contributed by atoms with Crippen molar-refractivity contribution in [1.29, 1.82) is 0 Å². The van der Waals surface area contributed by atoms with Gasteiger partial charge in [0.2, 0.25) is 0 Å². The van der Waals surface area contributed by atoms with E-state index in [0.717, 1.165) is 82.9 Å². The van der Waals surface area contributed by atoms with Gasteiger partial charge < -0.3 is 0 Å². The molecule has 8 aliphatic rings. The van der Waals surface area contributed by atoms with Crippen molar-refractivity contribution in [3.8, 4) is 0 Å². The summed E-state index contributed by atoms with van der Waals surface area (Å²) < 4.78 is 0. The van der Waals surface area contributed by atoms with E-state index >= 15 is 0 Å². The van der Waals surface area contributed by atoms with Gasteiger partial charge in [-0.1, -0.05) is 158 Å². The Morgan fingerprint density at radius 2 is 0.918 bits per heavy atom. The Bertz CT molecular complexity index is 1330. The maximum atomic E-state index is 2.66. The second-order valence-corrected chi connectivity index (χ2v) is 19.9. The van der Waals surface area contributed by atoms with Crippen LogP contribution in [0, 0.1) is 71.0 Å². The molecule has 0 N–H and O–H groups in total. The summed E-state index contributed by atoms with van der Waals surface area (Å²) in [5, 5.41) is 3.28. The molecule has 7 fully saturated rings. The van der Waals surface area contributed by atoms with Crippen LogP contribution < -0.4 is 0 Å². The molecule has 0 aromatic heterocycles. The molecule has 0 saturated heterocycles. The molecule has 0 aliphatic heterocycles. The third-order valence-electron chi connectivity index (χ3n) is 18.2. The van der Waals surface area contributed by atoms with Gasteiger partial charge in [0, 0.05) is 0 Å². The zero-order chi connectivity index (χ0) is 32.3. The van der Waals surface area contributed by atoms with E-state index in [4.69, 9.17) is 0 Å². The average Bonchev–Trinajstić information content (AvgIpc) is 3.80. The molecule has 0 spiro atoms. The van der Waals surface area contributed by atoms with E-state index < -0.39 is 0 Å². The van der Waals surface area contributed by atoms with E-state index in [9.17, 15) is 0 Å². The normalized spacial score (nSPS) is 40.7. The summed E-state index contributed by atoms with van der Waals surface area (Å²) >= 11 is 0. The quantitative estimate of drug-likeness (QED) is 0.278. The first-order valence-corrected chi connectivity index (χ1v) is 22.9. The third-order valence-corrected chi connectivity index (χ3v) is 18.2. The van der Waals surface area contributed by atoms with E-state index in [1.54, 1.807) is 114 Å². The van der Waals surface area contributed by atoms with E-state index in [-0.39, 0.29) is 0 Å². The van der Waals surface area contributed by atoms with Crippen LogP contribution in [0.3, 0.4) is 0 Å². The number of fused-ring (bicyclic) bond motifs is 6. The number of hydrogen-bond acceptors (Lipinski definition) is 0. The van der Waals surface area contributed by atoms with Gasteiger partial charge in [0.05, 0.1) is 0 Å². The van der Waals surface area contributed by atoms with Crippen LogP contribution in [0.2, 0.25) is 0 Å². The predicted molar refractivity (Wildman–Crippen MR) is 207 cm³/mol. The highest BCUT2D eigenvalue weighted by Crippen LogP contribution is 2.70. The van der Waals surface area contributed by atoms with Crippen LogP contribution in [0.1, 0.15) is 183 Å². The second-order valence-electron chi connectivity index (χ2n) is 19.9. The van der Waals surface area contributed by atoms with Crippen LogP contribution in [0.4, 0.5) is 0 Å². The van der Waals surface area contributed by atoms with Gasteiger partial charge in [-0.15, -0.1) is 0 Å². The zero-order valence-corrected chi connectivity index (χ0v) is 31.2. The highest BCUT2D eigenvalue weighted by Gasteiger charge is 2.61. The van der Waals surface area contributed by atoms with Crippen molar-refractivity contribution in [1.82, 2.24) is 0 Å². The van der Waals surface area contributed by atoms with Gasteiger partial charge in [-0.25, -0.2) is 0 Å². The molecule has 49 heavy (non-hydrogen) atoms. The first-order valence-electron chi connectivity index (χ1n) is 22.9. The number of hydrogen-bond donors (Lipinski definition) is 0. The van der Waals surface area contributed by atoms with Gasteiger partial charge in [-0.3, -0.25) is 0 Å². The SMILES string of the molecule is c1cc2c3c(cccc3c1)C1C2C(C2CCCCC2)C(C(CCC2C3CCCCC3C3CCCCC32)C2CCCCC2)C1C1CCCCC1. The fourth-order valence-electron chi connectivity index (χ4n) is 16.7. The van der Waals surface area contributed by atoms with E-state index in [2.05, 4.69) is 36.4 Å². The van der Waals surface area contributed by atoms with Crippen LogP contribution >= 0.6 is 0 Å². The van der Waals surface area contributed by atoms with Crippen LogP contribution in [-0.2, 0) is 0 Å². The van der Waals surface area contributed by atoms with Crippen LogP contribution in [0.25, 0.3) is 10.8 Å². The molecular weight excluding hydrogens is 589 g/mol. The van der Waals surface area contributed by atoms with Gasteiger partial charge in [0.15, 0.2) is 0 Å². The maximum Gasteiger partial charge on any atom is -0.00499 e. The summed E-state index contributed by atoms with van der Waals surface area (Å²) in [7, 11) is 0. The molecule has 0 nitrogen and oxygen atoms in total. The van der Waals surface area contributed by atoms with E-state index in [1.807, 2.05) is 11.1 Å². The first-order chi connectivity index (χ1) is 24.4. The van der Waals surface area contributed by atoms with Gasteiger partial charge in [-0.05, 0) is 143 Å². The largest absolute Gasteiger partial charge is 0.0613 e. The van der Waals surface area contributed by atoms with Gasteiger partial charge in [-0.2, -0.15) is 0 Å². The minimum atomic E-state index is 0.809.